The van der Waals surface area contributed by atoms with Crippen molar-refractivity contribution in [3.05, 3.63) is 107 Å². The maximum atomic E-state index is 12.9. The minimum atomic E-state index is -0.0788. The van der Waals surface area contributed by atoms with E-state index in [-0.39, 0.29) is 5.91 Å². The van der Waals surface area contributed by atoms with E-state index in [0.717, 1.165) is 27.7 Å². The summed E-state index contributed by atoms with van der Waals surface area (Å²) in [5, 5.41) is 6.50. The highest BCUT2D eigenvalue weighted by Crippen LogP contribution is 2.45. The van der Waals surface area contributed by atoms with Crippen LogP contribution in [-0.2, 0) is 11.3 Å². The summed E-state index contributed by atoms with van der Waals surface area (Å²) in [5.41, 5.74) is 6.97. The topological polar surface area (TPSA) is 54.9 Å². The lowest BCUT2D eigenvalue weighted by Gasteiger charge is -2.08. The van der Waals surface area contributed by atoms with Crippen molar-refractivity contribution in [3.8, 4) is 0 Å². The van der Waals surface area contributed by atoms with Gasteiger partial charge in [0.1, 0.15) is 0 Å². The predicted octanol–water partition coefficient (Wildman–Crippen LogP) is 4.82. The van der Waals surface area contributed by atoms with E-state index in [9.17, 15) is 4.79 Å². The Bertz CT molecular complexity index is 1450. The van der Waals surface area contributed by atoms with Crippen molar-refractivity contribution in [2.45, 2.75) is 6.54 Å². The number of carbonyl (C=O) groups is 1. The summed E-state index contributed by atoms with van der Waals surface area (Å²) >= 11 is 0. The number of allylic oxidation sites excluding steroid dienone is 3. The second-order valence-corrected chi connectivity index (χ2v) is 7.48. The molecule has 0 aliphatic heterocycles. The van der Waals surface area contributed by atoms with Gasteiger partial charge in [0.2, 0.25) is 0 Å². The van der Waals surface area contributed by atoms with Crippen LogP contribution in [0.25, 0.3) is 33.3 Å². The summed E-state index contributed by atoms with van der Waals surface area (Å²) in [6.45, 7) is 0.411. The Morgan fingerprint density at radius 2 is 1.70 bits per heavy atom. The lowest BCUT2D eigenvalue weighted by atomic mass is 9.96. The van der Waals surface area contributed by atoms with Crippen LogP contribution in [0.2, 0.25) is 0 Å². The van der Waals surface area contributed by atoms with Crippen LogP contribution >= 0.6 is 0 Å². The van der Waals surface area contributed by atoms with Crippen molar-refractivity contribution in [1.82, 2.24) is 15.3 Å². The number of nitrogens with one attached hydrogen (secondary N) is 1. The first kappa shape index (κ1) is 16.9. The molecule has 2 aliphatic rings. The molecule has 0 saturated carbocycles. The molecule has 4 nitrogen and oxygen atoms in total. The van der Waals surface area contributed by atoms with Crippen molar-refractivity contribution in [1.29, 1.82) is 0 Å². The van der Waals surface area contributed by atoms with Crippen molar-refractivity contribution in [3.63, 3.8) is 0 Å². The molecule has 0 fully saturated rings. The fourth-order valence-electron chi connectivity index (χ4n) is 4.37. The molecule has 142 valence electrons. The number of aromatic nitrogens is 2. The smallest absolute Gasteiger partial charge is 0.252 e. The number of pyridine rings is 2. The molecule has 4 aromatic rings. The number of hydrogen-bond donors (Lipinski definition) is 1. The molecule has 1 amide bonds. The van der Waals surface area contributed by atoms with Gasteiger partial charge in [-0.15, -0.1) is 0 Å². The summed E-state index contributed by atoms with van der Waals surface area (Å²) in [6.07, 6.45) is 9.65. The van der Waals surface area contributed by atoms with E-state index >= 15 is 0 Å². The van der Waals surface area contributed by atoms with Crippen LogP contribution in [0.5, 0.6) is 0 Å². The molecule has 2 aliphatic carbocycles. The van der Waals surface area contributed by atoms with Gasteiger partial charge in [0, 0.05) is 23.4 Å². The highest BCUT2D eigenvalue weighted by atomic mass is 16.1. The van der Waals surface area contributed by atoms with E-state index in [2.05, 4.69) is 51.7 Å². The third-order valence-electron chi connectivity index (χ3n) is 5.80. The fourth-order valence-corrected chi connectivity index (χ4v) is 4.37. The summed E-state index contributed by atoms with van der Waals surface area (Å²) in [5.74, 6) is -0.0788. The van der Waals surface area contributed by atoms with Gasteiger partial charge in [-0.25, -0.2) is 0 Å². The van der Waals surface area contributed by atoms with E-state index in [0.29, 0.717) is 12.1 Å². The van der Waals surface area contributed by atoms with Crippen molar-refractivity contribution < 1.29 is 4.79 Å². The Morgan fingerprint density at radius 3 is 2.60 bits per heavy atom. The Morgan fingerprint density at radius 1 is 0.800 bits per heavy atom. The third-order valence-corrected chi connectivity index (χ3v) is 5.80. The Hall–Kier alpha value is -4.05. The lowest BCUT2D eigenvalue weighted by molar-refractivity contribution is -0.117. The van der Waals surface area contributed by atoms with Crippen LogP contribution in [0.3, 0.4) is 0 Å². The standard InChI is InChI=1S/C26H17N3O/c30-26(29-15-16-4-1-2-12-27-16)22-9-8-19-18-7-6-17-20(23(18)14-24(19)22)10-11-25-21(17)5-3-13-28-25/h1-14H,15H2,(H,29,30). The van der Waals surface area contributed by atoms with Gasteiger partial charge in [-0.1, -0.05) is 36.4 Å². The molecule has 4 heteroatoms. The van der Waals surface area contributed by atoms with Gasteiger partial charge in [-0.3, -0.25) is 14.8 Å². The minimum Gasteiger partial charge on any atom is -0.346 e. The zero-order chi connectivity index (χ0) is 20.1. The Labute approximate surface area is 173 Å². The zero-order valence-corrected chi connectivity index (χ0v) is 16.1. The van der Waals surface area contributed by atoms with Gasteiger partial charge in [0.15, 0.2) is 0 Å². The average molecular weight is 387 g/mol. The maximum Gasteiger partial charge on any atom is 0.252 e. The first-order valence-electron chi connectivity index (χ1n) is 9.93. The number of benzene rings is 2. The molecule has 6 rings (SSSR count). The van der Waals surface area contributed by atoms with Gasteiger partial charge < -0.3 is 5.32 Å². The molecule has 0 unspecified atom stereocenters. The lowest BCUT2D eigenvalue weighted by Crippen LogP contribution is -2.25. The molecule has 1 N–H and O–H groups in total. The second-order valence-electron chi connectivity index (χ2n) is 7.48. The first-order valence-corrected chi connectivity index (χ1v) is 9.93. The van der Waals surface area contributed by atoms with E-state index < -0.39 is 0 Å². The summed E-state index contributed by atoms with van der Waals surface area (Å²) in [6, 6.07) is 18.3. The van der Waals surface area contributed by atoms with Crippen molar-refractivity contribution in [2.75, 3.05) is 0 Å². The van der Waals surface area contributed by atoms with Crippen molar-refractivity contribution >= 4 is 39.2 Å². The molecule has 0 radical (unpaired) electrons. The molecule has 2 heterocycles. The van der Waals surface area contributed by atoms with Crippen LogP contribution < -0.4 is 5.32 Å². The summed E-state index contributed by atoms with van der Waals surface area (Å²) in [7, 11) is 0. The Balaban J connectivity index is 1.36. The second kappa shape index (κ2) is 6.49. The molecular weight excluding hydrogens is 370 g/mol. The van der Waals surface area contributed by atoms with E-state index in [1.54, 1.807) is 6.20 Å². The molecule has 0 atom stereocenters. The largest absolute Gasteiger partial charge is 0.346 e. The van der Waals surface area contributed by atoms with Crippen LogP contribution in [0.4, 0.5) is 0 Å². The molecule has 30 heavy (non-hydrogen) atoms. The zero-order valence-electron chi connectivity index (χ0n) is 16.1. The number of hydrogen-bond acceptors (Lipinski definition) is 3. The van der Waals surface area contributed by atoms with Gasteiger partial charge in [0.05, 0.1) is 17.8 Å². The fraction of sp³-hybridized carbons (Fsp3) is 0.0385. The molecule has 0 saturated heterocycles. The molecule has 2 aromatic heterocycles. The van der Waals surface area contributed by atoms with Crippen LogP contribution in [0.1, 0.15) is 16.8 Å². The molecular formula is C26H17N3O. The number of rotatable bonds is 3. The van der Waals surface area contributed by atoms with Gasteiger partial charge in [-0.05, 0) is 69.5 Å². The first-order chi connectivity index (χ1) is 14.8. The summed E-state index contributed by atoms with van der Waals surface area (Å²) in [4.78, 5) is 21.6. The number of fused-ring (bicyclic) bond motifs is 7. The molecule has 2 aromatic carbocycles. The highest BCUT2D eigenvalue weighted by molar-refractivity contribution is 6.18. The number of amides is 1. The number of nitrogens with zero attached hydrogens (tertiary/aromatic N) is 2. The van der Waals surface area contributed by atoms with Gasteiger partial charge in [-0.2, -0.15) is 0 Å². The van der Waals surface area contributed by atoms with Crippen LogP contribution in [0.15, 0.2) is 90.3 Å². The Kier molecular flexibility index (Phi) is 3.65. The third kappa shape index (κ3) is 2.51. The highest BCUT2D eigenvalue weighted by Gasteiger charge is 2.29. The van der Waals surface area contributed by atoms with Gasteiger partial charge in [0.25, 0.3) is 5.91 Å². The average Bonchev–Trinajstić information content (AvgIpc) is 3.37. The monoisotopic (exact) mass is 387 g/mol. The predicted molar refractivity (Wildman–Crippen MR) is 119 cm³/mol. The van der Waals surface area contributed by atoms with E-state index in [1.165, 1.54) is 21.9 Å². The molecule has 0 bridgehead atoms. The van der Waals surface area contributed by atoms with Gasteiger partial charge >= 0.3 is 0 Å². The maximum absolute atomic E-state index is 12.9. The minimum absolute atomic E-state index is 0.0788. The quantitative estimate of drug-likeness (QED) is 0.513. The SMILES string of the molecule is O=C(NCc1ccccn1)C1=CC=C2C1=Cc1c2ccc2c1ccc1ncccc12. The number of carbonyl (C=O) groups excluding carboxylic acids is 1. The molecule has 0 spiro atoms. The summed E-state index contributed by atoms with van der Waals surface area (Å²) < 4.78 is 0. The van der Waals surface area contributed by atoms with Crippen LogP contribution in [0, 0.1) is 0 Å². The normalized spacial score (nSPS) is 14.2. The van der Waals surface area contributed by atoms with E-state index in [4.69, 9.17) is 0 Å². The van der Waals surface area contributed by atoms with E-state index in [1.807, 2.05) is 42.6 Å². The van der Waals surface area contributed by atoms with Crippen molar-refractivity contribution in [2.24, 2.45) is 0 Å². The van der Waals surface area contributed by atoms with Crippen LogP contribution in [-0.4, -0.2) is 15.9 Å².